The van der Waals surface area contributed by atoms with Gasteiger partial charge in [0.15, 0.2) is 0 Å². The molecule has 1 aromatic heterocycles. The van der Waals surface area contributed by atoms with E-state index in [9.17, 15) is 9.59 Å². The number of carbonyl (C=O) groups is 2. The Labute approximate surface area is 172 Å². The Morgan fingerprint density at radius 1 is 1.10 bits per heavy atom. The largest absolute Gasteiger partial charge is 0.463 e. The molecule has 2 rings (SSSR count). The van der Waals surface area contributed by atoms with Gasteiger partial charge in [-0.1, -0.05) is 25.5 Å². The Morgan fingerprint density at radius 2 is 1.83 bits per heavy atom. The molecule has 6 nitrogen and oxygen atoms in total. The first-order valence-corrected chi connectivity index (χ1v) is 10.1. The molecule has 0 atom stereocenters. The quantitative estimate of drug-likeness (QED) is 0.474. The molecule has 0 aliphatic rings. The number of hydrogen-bond acceptors (Lipinski definition) is 5. The van der Waals surface area contributed by atoms with Crippen LogP contribution in [0.3, 0.4) is 0 Å². The average Bonchev–Trinajstić information content (AvgIpc) is 3.08. The molecule has 0 amide bonds. The summed E-state index contributed by atoms with van der Waals surface area (Å²) >= 11 is 0. The fraction of sp³-hybridized carbons (Fsp3) is 0.435. The van der Waals surface area contributed by atoms with Gasteiger partial charge in [0.25, 0.3) is 0 Å². The van der Waals surface area contributed by atoms with Gasteiger partial charge in [-0.15, -0.1) is 0 Å². The first kappa shape index (κ1) is 22.4. The van der Waals surface area contributed by atoms with Crippen molar-refractivity contribution in [3.05, 3.63) is 46.4 Å². The van der Waals surface area contributed by atoms with Gasteiger partial charge in [-0.25, -0.2) is 14.6 Å². The molecule has 0 saturated carbocycles. The van der Waals surface area contributed by atoms with Crippen LogP contribution in [0.4, 0.5) is 0 Å². The van der Waals surface area contributed by atoms with Crippen molar-refractivity contribution >= 4 is 18.0 Å². The summed E-state index contributed by atoms with van der Waals surface area (Å²) in [5.41, 5.74) is 4.98. The minimum absolute atomic E-state index is 0.187. The minimum Gasteiger partial charge on any atom is -0.463 e. The maximum absolute atomic E-state index is 12.4. The van der Waals surface area contributed by atoms with Crippen molar-refractivity contribution in [2.75, 3.05) is 13.2 Å². The molecule has 1 aromatic carbocycles. The van der Waals surface area contributed by atoms with E-state index in [0.717, 1.165) is 35.2 Å². The number of imidazole rings is 1. The monoisotopic (exact) mass is 398 g/mol. The van der Waals surface area contributed by atoms with E-state index in [1.807, 2.05) is 45.0 Å². The van der Waals surface area contributed by atoms with E-state index in [0.29, 0.717) is 30.9 Å². The highest BCUT2D eigenvalue weighted by Crippen LogP contribution is 2.26. The molecule has 0 aliphatic heterocycles. The van der Waals surface area contributed by atoms with Crippen molar-refractivity contribution in [3.63, 3.8) is 0 Å². The van der Waals surface area contributed by atoms with Crippen molar-refractivity contribution in [2.45, 2.75) is 53.9 Å². The Kier molecular flexibility index (Phi) is 8.19. The number of aromatic nitrogens is 2. The molecule has 0 radical (unpaired) electrons. The van der Waals surface area contributed by atoms with Crippen LogP contribution in [0.25, 0.3) is 17.3 Å². The molecule has 0 bridgehead atoms. The number of unbranched alkanes of at least 4 members (excludes halogenated alkanes) is 1. The van der Waals surface area contributed by atoms with Crippen LogP contribution in [-0.4, -0.2) is 35.1 Å². The topological polar surface area (TPSA) is 81.3 Å². The molecule has 0 spiro atoms. The van der Waals surface area contributed by atoms with E-state index in [1.54, 1.807) is 6.92 Å². The second-order valence-electron chi connectivity index (χ2n) is 6.84. The smallest absolute Gasteiger partial charge is 0.374 e. The maximum Gasteiger partial charge on any atom is 0.374 e. The molecule has 2 aromatic rings. The molecule has 6 heteroatoms. The Hall–Kier alpha value is -2.89. The number of H-pyrrole nitrogens is 1. The predicted molar refractivity (Wildman–Crippen MR) is 114 cm³/mol. The van der Waals surface area contributed by atoms with E-state index < -0.39 is 5.97 Å². The molecule has 156 valence electrons. The fourth-order valence-corrected chi connectivity index (χ4v) is 2.99. The summed E-state index contributed by atoms with van der Waals surface area (Å²) in [5.74, 6) is -0.559. The first-order chi connectivity index (χ1) is 13.9. The van der Waals surface area contributed by atoms with Gasteiger partial charge in [0.2, 0.25) is 5.82 Å². The van der Waals surface area contributed by atoms with E-state index in [-0.39, 0.29) is 11.8 Å². The minimum atomic E-state index is -0.474. The lowest BCUT2D eigenvalue weighted by Gasteiger charge is -2.09. The number of benzene rings is 1. The second kappa shape index (κ2) is 10.6. The normalized spacial score (nSPS) is 11.4. The predicted octanol–water partition coefficient (Wildman–Crippen LogP) is 5.01. The number of hydrogen-bond donors (Lipinski definition) is 1. The van der Waals surface area contributed by atoms with Gasteiger partial charge in [-0.3, -0.25) is 0 Å². The van der Waals surface area contributed by atoms with Crippen LogP contribution in [0.1, 0.15) is 67.5 Å². The summed E-state index contributed by atoms with van der Waals surface area (Å²) in [6.45, 7) is 10.2. The summed E-state index contributed by atoms with van der Waals surface area (Å²) in [7, 11) is 0. The van der Waals surface area contributed by atoms with Gasteiger partial charge >= 0.3 is 11.9 Å². The average molecular weight is 399 g/mol. The summed E-state index contributed by atoms with van der Waals surface area (Å²) in [4.78, 5) is 31.7. The maximum atomic E-state index is 12.4. The van der Waals surface area contributed by atoms with Crippen LogP contribution in [0.2, 0.25) is 0 Å². The molecule has 29 heavy (non-hydrogen) atoms. The van der Waals surface area contributed by atoms with Crippen LogP contribution in [0, 0.1) is 13.8 Å². The zero-order valence-corrected chi connectivity index (χ0v) is 17.9. The molecule has 1 N–H and O–H groups in total. The van der Waals surface area contributed by atoms with Gasteiger partial charge in [0, 0.05) is 16.8 Å². The number of aromatic amines is 1. The van der Waals surface area contributed by atoms with Crippen molar-refractivity contribution < 1.29 is 19.1 Å². The zero-order chi connectivity index (χ0) is 21.4. The number of nitrogens with zero attached hydrogens (tertiary/aromatic N) is 1. The highest BCUT2D eigenvalue weighted by molar-refractivity contribution is 5.94. The van der Waals surface area contributed by atoms with E-state index >= 15 is 0 Å². The number of rotatable bonds is 9. The Morgan fingerprint density at radius 3 is 2.48 bits per heavy atom. The lowest BCUT2D eigenvalue weighted by Crippen LogP contribution is -2.08. The summed E-state index contributed by atoms with van der Waals surface area (Å²) < 4.78 is 10.2. The number of carbonyl (C=O) groups excluding carboxylic acids is 2. The number of ether oxygens (including phenoxy) is 2. The Balaban J connectivity index is 2.43. The highest BCUT2D eigenvalue weighted by atomic mass is 16.5. The highest BCUT2D eigenvalue weighted by Gasteiger charge is 2.17. The van der Waals surface area contributed by atoms with Crippen molar-refractivity contribution in [1.29, 1.82) is 0 Å². The van der Waals surface area contributed by atoms with E-state index in [1.165, 1.54) is 0 Å². The third kappa shape index (κ3) is 5.79. The van der Waals surface area contributed by atoms with Crippen molar-refractivity contribution in [1.82, 2.24) is 9.97 Å². The van der Waals surface area contributed by atoms with Gasteiger partial charge in [-0.05, 0) is 63.8 Å². The first-order valence-electron chi connectivity index (χ1n) is 10.1. The molecule has 0 unspecified atom stereocenters. The van der Waals surface area contributed by atoms with Gasteiger partial charge < -0.3 is 14.5 Å². The van der Waals surface area contributed by atoms with Gasteiger partial charge in [0.05, 0.1) is 18.9 Å². The molecular formula is C23H30N2O4. The second-order valence-corrected chi connectivity index (χ2v) is 6.84. The fourth-order valence-electron chi connectivity index (χ4n) is 2.99. The molecule has 0 saturated heterocycles. The van der Waals surface area contributed by atoms with Gasteiger partial charge in [-0.2, -0.15) is 0 Å². The zero-order valence-electron chi connectivity index (χ0n) is 17.9. The Bertz CT molecular complexity index is 896. The molecular weight excluding hydrogens is 368 g/mol. The summed E-state index contributed by atoms with van der Waals surface area (Å²) in [5, 5.41) is 0. The molecule has 0 fully saturated rings. The van der Waals surface area contributed by atoms with Crippen LogP contribution >= 0.6 is 0 Å². The third-order valence-corrected chi connectivity index (χ3v) is 4.57. The van der Waals surface area contributed by atoms with Crippen LogP contribution in [0.15, 0.2) is 23.8 Å². The molecule has 0 aliphatic carbocycles. The van der Waals surface area contributed by atoms with Crippen LogP contribution in [0.5, 0.6) is 0 Å². The number of nitrogens with one attached hydrogen (secondary N) is 1. The summed E-state index contributed by atoms with van der Waals surface area (Å²) in [6, 6.07) is 5.93. The molecule has 1 heterocycles. The van der Waals surface area contributed by atoms with E-state index in [2.05, 4.69) is 16.9 Å². The lowest BCUT2D eigenvalue weighted by molar-refractivity contribution is -0.138. The summed E-state index contributed by atoms with van der Waals surface area (Å²) in [6.07, 6.45) is 4.50. The number of esters is 2. The third-order valence-electron chi connectivity index (χ3n) is 4.57. The van der Waals surface area contributed by atoms with Crippen molar-refractivity contribution in [2.24, 2.45) is 0 Å². The van der Waals surface area contributed by atoms with E-state index in [4.69, 9.17) is 9.47 Å². The standard InChI is InChI=1S/C23H30N2O4/c1-6-9-10-18(22(26)28-7-2)14-19-13-17(12-11-15(19)4)20-16(5)24-21(25-20)23(27)29-8-3/h11-14H,6-10H2,1-5H3,(H,24,25)/b18-14+. The van der Waals surface area contributed by atoms with Crippen LogP contribution in [-0.2, 0) is 14.3 Å². The number of aryl methyl sites for hydroxylation is 2. The van der Waals surface area contributed by atoms with Crippen LogP contribution < -0.4 is 0 Å². The lowest BCUT2D eigenvalue weighted by atomic mass is 9.98. The SMILES string of the molecule is CCCC/C(=C\c1cc(-c2nc(C(=O)OCC)[nH]c2C)ccc1C)C(=O)OCC. The van der Waals surface area contributed by atoms with Crippen molar-refractivity contribution in [3.8, 4) is 11.3 Å². The van der Waals surface area contributed by atoms with Gasteiger partial charge in [0.1, 0.15) is 0 Å².